The molecular formula is C20H31N5S. The van der Waals surface area contributed by atoms with Gasteiger partial charge in [0.2, 0.25) is 0 Å². The number of hydrogen-bond donors (Lipinski definition) is 2. The van der Waals surface area contributed by atoms with Gasteiger partial charge >= 0.3 is 0 Å². The van der Waals surface area contributed by atoms with E-state index in [4.69, 9.17) is 0 Å². The van der Waals surface area contributed by atoms with Gasteiger partial charge in [-0.15, -0.1) is 11.3 Å². The van der Waals surface area contributed by atoms with Crippen LogP contribution in [0, 0.1) is 0 Å². The Kier molecular flexibility index (Phi) is 8.06. The van der Waals surface area contributed by atoms with Crippen molar-refractivity contribution < 1.29 is 0 Å². The van der Waals surface area contributed by atoms with Crippen molar-refractivity contribution >= 4 is 17.3 Å². The van der Waals surface area contributed by atoms with E-state index in [0.717, 1.165) is 29.6 Å². The van der Waals surface area contributed by atoms with Crippen molar-refractivity contribution in [2.45, 2.75) is 38.8 Å². The molecule has 2 rings (SSSR count). The van der Waals surface area contributed by atoms with Gasteiger partial charge < -0.3 is 15.5 Å². The van der Waals surface area contributed by atoms with Gasteiger partial charge in [-0.25, -0.2) is 4.98 Å². The maximum absolute atomic E-state index is 4.66. The van der Waals surface area contributed by atoms with Gasteiger partial charge in [0.15, 0.2) is 5.96 Å². The van der Waals surface area contributed by atoms with Crippen molar-refractivity contribution in [2.75, 3.05) is 27.7 Å². The van der Waals surface area contributed by atoms with Crippen LogP contribution in [0.2, 0.25) is 0 Å². The van der Waals surface area contributed by atoms with E-state index >= 15 is 0 Å². The van der Waals surface area contributed by atoms with Gasteiger partial charge in [0, 0.05) is 25.0 Å². The van der Waals surface area contributed by atoms with Crippen molar-refractivity contribution in [3.63, 3.8) is 0 Å². The molecule has 142 valence electrons. The molecule has 6 heteroatoms. The number of likely N-dealkylation sites (N-methyl/N-ethyl adjacent to an activating group) is 1. The first-order valence-corrected chi connectivity index (χ1v) is 9.96. The van der Waals surface area contributed by atoms with Crippen LogP contribution in [0.25, 0.3) is 0 Å². The Hall–Kier alpha value is -1.92. The van der Waals surface area contributed by atoms with Crippen LogP contribution in [-0.4, -0.2) is 49.6 Å². The monoisotopic (exact) mass is 373 g/mol. The average molecular weight is 374 g/mol. The lowest BCUT2D eigenvalue weighted by Crippen LogP contribution is -2.45. The molecule has 0 bridgehead atoms. The molecule has 0 saturated heterocycles. The first kappa shape index (κ1) is 20.4. The summed E-state index contributed by atoms with van der Waals surface area (Å²) in [5, 5.41) is 10.0. The standard InChI is InChI=1S/C20H31N5S/c1-15(2)18-14-26-19(24-18)13-23-20(21-3)22-12-17(25(4)5)11-16-9-7-6-8-10-16/h6-10,14-15,17H,11-13H2,1-5H3,(H2,21,22,23). The Bertz CT molecular complexity index is 679. The van der Waals surface area contributed by atoms with Gasteiger partial charge in [0.1, 0.15) is 5.01 Å². The Balaban J connectivity index is 1.85. The third-order valence-electron chi connectivity index (χ3n) is 4.34. The van der Waals surface area contributed by atoms with Crippen molar-refractivity contribution in [3.05, 3.63) is 52.0 Å². The Morgan fingerprint density at radius 3 is 2.50 bits per heavy atom. The van der Waals surface area contributed by atoms with Crippen LogP contribution in [0.4, 0.5) is 0 Å². The molecule has 2 aromatic rings. The minimum Gasteiger partial charge on any atom is -0.355 e. The summed E-state index contributed by atoms with van der Waals surface area (Å²) < 4.78 is 0. The number of hydrogen-bond acceptors (Lipinski definition) is 4. The van der Waals surface area contributed by atoms with Crippen molar-refractivity contribution in [1.82, 2.24) is 20.5 Å². The zero-order valence-electron chi connectivity index (χ0n) is 16.5. The van der Waals surface area contributed by atoms with Crippen LogP contribution in [0.1, 0.15) is 36.0 Å². The molecule has 1 aromatic heterocycles. The molecule has 0 aliphatic carbocycles. The second-order valence-corrected chi connectivity index (χ2v) is 7.88. The van der Waals surface area contributed by atoms with Crippen molar-refractivity contribution in [3.8, 4) is 0 Å². The van der Waals surface area contributed by atoms with Gasteiger partial charge in [0.05, 0.1) is 12.2 Å². The maximum atomic E-state index is 4.66. The summed E-state index contributed by atoms with van der Waals surface area (Å²) in [5.41, 5.74) is 2.50. The highest BCUT2D eigenvalue weighted by Crippen LogP contribution is 2.17. The highest BCUT2D eigenvalue weighted by atomic mass is 32.1. The number of benzene rings is 1. The zero-order chi connectivity index (χ0) is 18.9. The van der Waals surface area contributed by atoms with E-state index in [1.165, 1.54) is 5.56 Å². The SMILES string of the molecule is CN=C(NCc1nc(C(C)C)cs1)NCC(Cc1ccccc1)N(C)C. The van der Waals surface area contributed by atoms with Crippen LogP contribution in [0.5, 0.6) is 0 Å². The number of nitrogens with zero attached hydrogens (tertiary/aromatic N) is 3. The molecule has 1 unspecified atom stereocenters. The first-order valence-electron chi connectivity index (χ1n) is 9.08. The molecule has 2 N–H and O–H groups in total. The fourth-order valence-corrected chi connectivity index (χ4v) is 3.48. The lowest BCUT2D eigenvalue weighted by Gasteiger charge is -2.25. The summed E-state index contributed by atoms with van der Waals surface area (Å²) in [5.74, 6) is 1.28. The number of aromatic nitrogens is 1. The van der Waals surface area contributed by atoms with E-state index in [1.54, 1.807) is 18.4 Å². The van der Waals surface area contributed by atoms with Crippen molar-refractivity contribution in [1.29, 1.82) is 0 Å². The minimum absolute atomic E-state index is 0.392. The zero-order valence-corrected chi connectivity index (χ0v) is 17.3. The van der Waals surface area contributed by atoms with Gasteiger partial charge in [-0.05, 0) is 32.0 Å². The highest BCUT2D eigenvalue weighted by Gasteiger charge is 2.13. The minimum atomic E-state index is 0.392. The summed E-state index contributed by atoms with van der Waals surface area (Å²) in [6.45, 7) is 5.86. The summed E-state index contributed by atoms with van der Waals surface area (Å²) in [4.78, 5) is 11.2. The third kappa shape index (κ3) is 6.42. The molecule has 1 aromatic carbocycles. The molecule has 0 radical (unpaired) electrons. The Labute approximate surface area is 161 Å². The normalized spacial score (nSPS) is 13.3. The van der Waals surface area contributed by atoms with Crippen LogP contribution in [0.15, 0.2) is 40.7 Å². The summed E-state index contributed by atoms with van der Waals surface area (Å²) in [6, 6.07) is 11.0. The summed E-state index contributed by atoms with van der Waals surface area (Å²) in [6.07, 6.45) is 1.00. The van der Waals surface area contributed by atoms with Crippen molar-refractivity contribution in [2.24, 2.45) is 4.99 Å². The number of rotatable bonds is 8. The number of nitrogens with one attached hydrogen (secondary N) is 2. The molecule has 0 spiro atoms. The molecule has 0 fully saturated rings. The average Bonchev–Trinajstić information content (AvgIpc) is 3.11. The Morgan fingerprint density at radius 2 is 1.92 bits per heavy atom. The van der Waals surface area contributed by atoms with E-state index in [2.05, 4.69) is 89.2 Å². The van der Waals surface area contributed by atoms with Gasteiger partial charge in [-0.3, -0.25) is 4.99 Å². The lowest BCUT2D eigenvalue weighted by atomic mass is 10.1. The Morgan fingerprint density at radius 1 is 1.19 bits per heavy atom. The fourth-order valence-electron chi connectivity index (χ4n) is 2.59. The smallest absolute Gasteiger partial charge is 0.191 e. The topological polar surface area (TPSA) is 52.6 Å². The predicted octanol–water partition coefficient (Wildman–Crippen LogP) is 3.10. The summed E-state index contributed by atoms with van der Waals surface area (Å²) in [7, 11) is 6.04. The molecule has 0 amide bonds. The quantitative estimate of drug-likeness (QED) is 0.551. The first-order chi connectivity index (χ1) is 12.5. The van der Waals surface area contributed by atoms with Gasteiger partial charge in [0.25, 0.3) is 0 Å². The van der Waals surface area contributed by atoms with E-state index in [1.807, 2.05) is 0 Å². The van der Waals surface area contributed by atoms with E-state index in [-0.39, 0.29) is 0 Å². The second kappa shape index (κ2) is 10.3. The summed E-state index contributed by atoms with van der Waals surface area (Å²) >= 11 is 1.70. The van der Waals surface area contributed by atoms with E-state index in [9.17, 15) is 0 Å². The molecule has 0 saturated carbocycles. The predicted molar refractivity (Wildman–Crippen MR) is 112 cm³/mol. The number of aliphatic imine (C=N–C) groups is 1. The largest absolute Gasteiger partial charge is 0.355 e. The van der Waals surface area contributed by atoms with Crippen LogP contribution in [-0.2, 0) is 13.0 Å². The molecule has 0 aliphatic heterocycles. The number of guanidine groups is 1. The maximum Gasteiger partial charge on any atom is 0.191 e. The highest BCUT2D eigenvalue weighted by molar-refractivity contribution is 7.09. The molecule has 0 aliphatic rings. The lowest BCUT2D eigenvalue weighted by molar-refractivity contribution is 0.290. The molecular weight excluding hydrogens is 342 g/mol. The fraction of sp³-hybridized carbons (Fsp3) is 0.500. The number of thiazole rings is 1. The molecule has 26 heavy (non-hydrogen) atoms. The van der Waals surface area contributed by atoms with Crippen LogP contribution >= 0.6 is 11.3 Å². The van der Waals surface area contributed by atoms with Gasteiger partial charge in [-0.2, -0.15) is 0 Å². The van der Waals surface area contributed by atoms with Gasteiger partial charge in [-0.1, -0.05) is 44.2 Å². The van der Waals surface area contributed by atoms with Crippen LogP contribution < -0.4 is 10.6 Å². The van der Waals surface area contributed by atoms with E-state index in [0.29, 0.717) is 18.5 Å². The third-order valence-corrected chi connectivity index (χ3v) is 5.21. The van der Waals surface area contributed by atoms with Crippen LogP contribution in [0.3, 0.4) is 0 Å². The van der Waals surface area contributed by atoms with E-state index < -0.39 is 0 Å². The molecule has 1 atom stereocenters. The second-order valence-electron chi connectivity index (χ2n) is 6.93. The molecule has 1 heterocycles. The molecule has 5 nitrogen and oxygen atoms in total.